The largest absolute Gasteiger partial charge is 0.382 e. The minimum absolute atomic E-state index is 0.0311. The quantitative estimate of drug-likeness (QED) is 0.287. The van der Waals surface area contributed by atoms with Crippen LogP contribution < -0.4 is 9.80 Å². The summed E-state index contributed by atoms with van der Waals surface area (Å²) in [5.41, 5.74) is 3.50. The van der Waals surface area contributed by atoms with Crippen LogP contribution in [0.15, 0.2) is 24.9 Å². The van der Waals surface area contributed by atoms with E-state index in [1.54, 1.807) is 14.2 Å². The average molecular weight is 604 g/mol. The molecule has 0 N–H and O–H groups in total. The minimum Gasteiger partial charge on any atom is -0.382 e. The number of piperazine rings is 1. The fourth-order valence-corrected chi connectivity index (χ4v) is 6.11. The molecule has 2 aliphatic heterocycles. The number of alkyl halides is 2. The number of aromatic nitrogens is 3. The Bertz CT molecular complexity index is 1220. The highest BCUT2D eigenvalue weighted by molar-refractivity contribution is 5.87. The van der Waals surface area contributed by atoms with Crippen LogP contribution in [0.5, 0.6) is 0 Å². The van der Waals surface area contributed by atoms with E-state index in [1.807, 2.05) is 47.6 Å². The Kier molecular flexibility index (Phi) is 11.5. The number of pyridine rings is 1. The van der Waals surface area contributed by atoms with Gasteiger partial charge in [0, 0.05) is 103 Å². The lowest BCUT2D eigenvalue weighted by molar-refractivity contribution is -0.128. The molecule has 43 heavy (non-hydrogen) atoms. The lowest BCUT2D eigenvalue weighted by Gasteiger charge is -2.49. The molecule has 2 aliphatic rings. The summed E-state index contributed by atoms with van der Waals surface area (Å²) < 4.78 is 41.6. The van der Waals surface area contributed by atoms with E-state index in [-0.39, 0.29) is 17.6 Å². The molecule has 12 heteroatoms. The van der Waals surface area contributed by atoms with Gasteiger partial charge in [-0.2, -0.15) is 5.10 Å². The summed E-state index contributed by atoms with van der Waals surface area (Å²) in [6.07, 6.45) is 2.52. The molecule has 0 spiro atoms. The Morgan fingerprint density at radius 1 is 1.16 bits per heavy atom. The molecular formula is C31H47F2N7O3. The first-order chi connectivity index (χ1) is 20.7. The van der Waals surface area contributed by atoms with Crippen molar-refractivity contribution in [1.29, 1.82) is 0 Å². The number of methoxy groups -OCH3 is 2. The molecule has 2 aromatic heterocycles. The highest BCUT2D eigenvalue weighted by atomic mass is 19.3. The summed E-state index contributed by atoms with van der Waals surface area (Å²) in [5, 5.41) is 4.58. The summed E-state index contributed by atoms with van der Waals surface area (Å²) >= 11 is 0. The first-order valence-electron chi connectivity index (χ1n) is 15.2. The van der Waals surface area contributed by atoms with E-state index >= 15 is 0 Å². The molecule has 0 radical (unpaired) electrons. The van der Waals surface area contributed by atoms with Crippen molar-refractivity contribution < 1.29 is 23.0 Å². The van der Waals surface area contributed by atoms with Crippen molar-refractivity contribution in [1.82, 2.24) is 24.6 Å². The van der Waals surface area contributed by atoms with Crippen LogP contribution in [0.2, 0.25) is 0 Å². The van der Waals surface area contributed by atoms with E-state index in [0.717, 1.165) is 49.5 Å². The maximum Gasteiger partial charge on any atom is 0.280 e. The molecule has 0 saturated carbocycles. The van der Waals surface area contributed by atoms with Gasteiger partial charge in [-0.05, 0) is 25.0 Å². The van der Waals surface area contributed by atoms with Crippen molar-refractivity contribution in [2.75, 3.05) is 90.1 Å². The van der Waals surface area contributed by atoms with Gasteiger partial charge >= 0.3 is 0 Å². The van der Waals surface area contributed by atoms with Crippen molar-refractivity contribution in [2.45, 2.75) is 51.6 Å². The van der Waals surface area contributed by atoms with Gasteiger partial charge in [-0.3, -0.25) is 14.4 Å². The number of rotatable bonds is 15. The topological polar surface area (TPSA) is 79.2 Å². The second-order valence-corrected chi connectivity index (χ2v) is 11.5. The second-order valence-electron chi connectivity index (χ2n) is 11.5. The summed E-state index contributed by atoms with van der Waals surface area (Å²) in [4.78, 5) is 24.9. The number of anilines is 2. The standard InChI is InChI=1S/C31H47F2N7O3/c1-7-9-25-27(39-18-23(19-39)37-12-14-38(15-13-37)29(41)8-2)16-28(35-30(25)31(32)33)36(4)11-10-26-22(3)17-34-40(26)24(20-42-5)21-43-6/h8,16-17,23-24,31H,2,7,9-15,18-21H2,1,3-6H3. The van der Waals surface area contributed by atoms with E-state index in [2.05, 4.69) is 26.5 Å². The molecule has 0 aromatic carbocycles. The van der Waals surface area contributed by atoms with Crippen molar-refractivity contribution in [3.63, 3.8) is 0 Å². The number of hydrogen-bond donors (Lipinski definition) is 0. The molecule has 4 rings (SSSR count). The molecule has 1 amide bonds. The Morgan fingerprint density at radius 2 is 1.84 bits per heavy atom. The smallest absolute Gasteiger partial charge is 0.280 e. The molecule has 2 saturated heterocycles. The normalized spacial score (nSPS) is 16.3. The number of ether oxygens (including phenoxy) is 2. The molecule has 2 fully saturated rings. The zero-order valence-electron chi connectivity index (χ0n) is 26.3. The van der Waals surface area contributed by atoms with E-state index in [4.69, 9.17) is 9.47 Å². The van der Waals surface area contributed by atoms with Crippen molar-refractivity contribution >= 4 is 17.4 Å². The lowest BCUT2D eigenvalue weighted by atomic mass is 9.99. The third-order valence-electron chi connectivity index (χ3n) is 8.59. The molecule has 0 aliphatic carbocycles. The zero-order chi connectivity index (χ0) is 31.1. The molecule has 0 bridgehead atoms. The summed E-state index contributed by atoms with van der Waals surface area (Å²) in [7, 11) is 5.22. The number of nitrogens with zero attached hydrogens (tertiary/aromatic N) is 7. The molecule has 4 heterocycles. The summed E-state index contributed by atoms with van der Waals surface area (Å²) in [6.45, 7) is 13.6. The van der Waals surface area contributed by atoms with E-state index in [0.29, 0.717) is 63.1 Å². The molecule has 0 atom stereocenters. The fourth-order valence-electron chi connectivity index (χ4n) is 6.11. The third kappa shape index (κ3) is 7.53. The first kappa shape index (κ1) is 32.8. The van der Waals surface area contributed by atoms with Crippen LogP contribution in [-0.2, 0) is 27.1 Å². The van der Waals surface area contributed by atoms with Gasteiger partial charge in [-0.15, -0.1) is 0 Å². The van der Waals surface area contributed by atoms with Crippen LogP contribution in [0.4, 0.5) is 20.3 Å². The Labute approximate surface area is 254 Å². The Hall–Kier alpha value is -3.09. The van der Waals surface area contributed by atoms with Crippen molar-refractivity contribution in [3.8, 4) is 0 Å². The predicted octanol–water partition coefficient (Wildman–Crippen LogP) is 3.51. The Balaban J connectivity index is 1.50. The van der Waals surface area contributed by atoms with Crippen LogP contribution in [0.1, 0.15) is 48.3 Å². The third-order valence-corrected chi connectivity index (χ3v) is 8.59. The van der Waals surface area contributed by atoms with Gasteiger partial charge in [-0.1, -0.05) is 19.9 Å². The number of carbonyl (C=O) groups is 1. The number of hydrogen-bond acceptors (Lipinski definition) is 8. The molecular weight excluding hydrogens is 556 g/mol. The van der Waals surface area contributed by atoms with Gasteiger partial charge in [0.25, 0.3) is 6.43 Å². The van der Waals surface area contributed by atoms with Gasteiger partial charge in [0.15, 0.2) is 0 Å². The number of amides is 1. The van der Waals surface area contributed by atoms with Gasteiger partial charge < -0.3 is 24.2 Å². The Morgan fingerprint density at radius 3 is 2.42 bits per heavy atom. The monoisotopic (exact) mass is 603 g/mol. The fraction of sp³-hybridized carbons (Fsp3) is 0.645. The van der Waals surface area contributed by atoms with Gasteiger partial charge in [0.05, 0.1) is 25.5 Å². The second kappa shape index (κ2) is 15.1. The van der Waals surface area contributed by atoms with Gasteiger partial charge in [-0.25, -0.2) is 13.8 Å². The van der Waals surface area contributed by atoms with Crippen LogP contribution in [0.25, 0.3) is 0 Å². The maximum absolute atomic E-state index is 14.4. The van der Waals surface area contributed by atoms with Crippen molar-refractivity contribution in [3.05, 3.63) is 47.4 Å². The lowest BCUT2D eigenvalue weighted by Crippen LogP contribution is -2.63. The number of halogens is 2. The predicted molar refractivity (Wildman–Crippen MR) is 164 cm³/mol. The highest BCUT2D eigenvalue weighted by Gasteiger charge is 2.36. The molecule has 2 aromatic rings. The molecule has 238 valence electrons. The number of likely N-dealkylation sites (N-methyl/N-ethyl adjacent to an activating group) is 1. The van der Waals surface area contributed by atoms with E-state index in [1.165, 1.54) is 6.08 Å². The zero-order valence-corrected chi connectivity index (χ0v) is 26.3. The number of carbonyl (C=O) groups excluding carboxylic acids is 1. The van der Waals surface area contributed by atoms with Crippen LogP contribution >= 0.6 is 0 Å². The molecule has 10 nitrogen and oxygen atoms in total. The molecule has 0 unspecified atom stereocenters. The van der Waals surface area contributed by atoms with Gasteiger partial charge in [0.2, 0.25) is 5.91 Å². The van der Waals surface area contributed by atoms with Crippen LogP contribution in [0, 0.1) is 6.92 Å². The SMILES string of the molecule is C=CC(=O)N1CCN(C2CN(c3cc(N(C)CCc4c(C)cnn4C(COC)COC)nc(C(F)F)c3CCC)C2)CC1. The number of aryl methyl sites for hydroxylation is 1. The highest BCUT2D eigenvalue weighted by Crippen LogP contribution is 2.36. The van der Waals surface area contributed by atoms with E-state index < -0.39 is 6.43 Å². The average Bonchev–Trinajstić information content (AvgIpc) is 3.35. The van der Waals surface area contributed by atoms with Crippen LogP contribution in [-0.4, -0.2) is 117 Å². The maximum atomic E-state index is 14.4. The summed E-state index contributed by atoms with van der Waals surface area (Å²) in [5.74, 6) is 0.510. The van der Waals surface area contributed by atoms with E-state index in [9.17, 15) is 13.6 Å². The summed E-state index contributed by atoms with van der Waals surface area (Å²) in [6, 6.07) is 2.25. The first-order valence-corrected chi connectivity index (χ1v) is 15.2. The van der Waals surface area contributed by atoms with Crippen molar-refractivity contribution in [2.24, 2.45) is 0 Å². The van der Waals surface area contributed by atoms with Gasteiger partial charge in [0.1, 0.15) is 11.5 Å². The van der Waals surface area contributed by atoms with Crippen LogP contribution in [0.3, 0.4) is 0 Å². The minimum atomic E-state index is -2.66.